The number of thioether (sulfide) groups is 1. The van der Waals surface area contributed by atoms with Gasteiger partial charge in [0.15, 0.2) is 0 Å². The lowest BCUT2D eigenvalue weighted by molar-refractivity contribution is 0.322. The van der Waals surface area contributed by atoms with Crippen molar-refractivity contribution in [3.05, 3.63) is 0 Å². The molecule has 1 aromatic heterocycles. The van der Waals surface area contributed by atoms with Crippen molar-refractivity contribution >= 4 is 11.8 Å². The predicted molar refractivity (Wildman–Crippen MR) is 58.8 cm³/mol. The van der Waals surface area contributed by atoms with Crippen molar-refractivity contribution in [3.8, 4) is 0 Å². The fourth-order valence-electron chi connectivity index (χ4n) is 1.06. The molecule has 1 rings (SSSR count). The van der Waals surface area contributed by atoms with Gasteiger partial charge >= 0.3 is 0 Å². The minimum absolute atomic E-state index is 0.144. The molecular formula is C8H17N5OS. The molecule has 0 atom stereocenters. The summed E-state index contributed by atoms with van der Waals surface area (Å²) >= 11 is 1.47. The molecule has 6 nitrogen and oxygen atoms in total. The van der Waals surface area contributed by atoms with E-state index in [1.807, 2.05) is 0 Å². The fraction of sp³-hybridized carbons (Fsp3) is 0.875. The van der Waals surface area contributed by atoms with Gasteiger partial charge in [0.1, 0.15) is 0 Å². The molecule has 0 unspecified atom stereocenters. The number of aliphatic hydroxyl groups is 1. The molecule has 0 aromatic carbocycles. The quantitative estimate of drug-likeness (QED) is 0.475. The van der Waals surface area contributed by atoms with Crippen molar-refractivity contribution in [1.82, 2.24) is 25.5 Å². The lowest BCUT2D eigenvalue weighted by Gasteiger charge is -2.04. The van der Waals surface area contributed by atoms with Crippen LogP contribution in [-0.2, 0) is 6.54 Å². The van der Waals surface area contributed by atoms with Crippen LogP contribution in [0.4, 0.5) is 0 Å². The van der Waals surface area contributed by atoms with Crippen LogP contribution in [0.2, 0.25) is 0 Å². The van der Waals surface area contributed by atoms with Gasteiger partial charge in [-0.2, -0.15) is 0 Å². The number of rotatable bonds is 8. The summed E-state index contributed by atoms with van der Waals surface area (Å²) in [5.74, 6) is 0.628. The Kier molecular flexibility index (Phi) is 6.29. The van der Waals surface area contributed by atoms with E-state index in [1.165, 1.54) is 11.8 Å². The van der Waals surface area contributed by atoms with Crippen molar-refractivity contribution in [2.75, 3.05) is 25.4 Å². The van der Waals surface area contributed by atoms with E-state index in [0.29, 0.717) is 5.75 Å². The first-order valence-electron chi connectivity index (χ1n) is 5.09. The summed E-state index contributed by atoms with van der Waals surface area (Å²) in [5, 5.41) is 24.1. The van der Waals surface area contributed by atoms with Crippen LogP contribution in [0.25, 0.3) is 0 Å². The van der Waals surface area contributed by atoms with E-state index in [2.05, 4.69) is 27.8 Å². The minimum atomic E-state index is 0.144. The van der Waals surface area contributed by atoms with Gasteiger partial charge in [0, 0.05) is 12.3 Å². The van der Waals surface area contributed by atoms with E-state index < -0.39 is 0 Å². The van der Waals surface area contributed by atoms with Crippen molar-refractivity contribution in [1.29, 1.82) is 0 Å². The summed E-state index contributed by atoms with van der Waals surface area (Å²) in [6, 6.07) is 0. The first-order chi connectivity index (χ1) is 7.38. The van der Waals surface area contributed by atoms with E-state index in [1.54, 1.807) is 4.68 Å². The maximum Gasteiger partial charge on any atom is 0.209 e. The third kappa shape index (κ3) is 4.59. The van der Waals surface area contributed by atoms with Gasteiger partial charge in [0.25, 0.3) is 0 Å². The number of nitrogens with zero attached hydrogens (tertiary/aromatic N) is 4. The topological polar surface area (TPSA) is 75.9 Å². The van der Waals surface area contributed by atoms with Gasteiger partial charge in [-0.25, -0.2) is 4.68 Å². The summed E-state index contributed by atoms with van der Waals surface area (Å²) in [6.45, 7) is 4.92. The highest BCUT2D eigenvalue weighted by atomic mass is 32.2. The molecule has 0 fully saturated rings. The van der Waals surface area contributed by atoms with Crippen LogP contribution in [0.1, 0.15) is 13.3 Å². The lowest BCUT2D eigenvalue weighted by atomic mass is 10.5. The zero-order valence-electron chi connectivity index (χ0n) is 8.89. The van der Waals surface area contributed by atoms with E-state index in [9.17, 15) is 0 Å². The van der Waals surface area contributed by atoms with Gasteiger partial charge in [0.2, 0.25) is 5.16 Å². The molecule has 0 aliphatic heterocycles. The lowest BCUT2D eigenvalue weighted by Crippen LogP contribution is -2.21. The Bertz CT molecular complexity index is 267. The Morgan fingerprint density at radius 2 is 2.33 bits per heavy atom. The van der Waals surface area contributed by atoms with Crippen molar-refractivity contribution in [3.63, 3.8) is 0 Å². The van der Waals surface area contributed by atoms with Crippen LogP contribution >= 0.6 is 11.8 Å². The van der Waals surface area contributed by atoms with Crippen LogP contribution in [0, 0.1) is 0 Å². The van der Waals surface area contributed by atoms with Crippen LogP contribution in [-0.4, -0.2) is 50.8 Å². The fourth-order valence-corrected chi connectivity index (χ4v) is 1.71. The predicted octanol–water partition coefficient (Wildman–Crippen LogP) is -0.243. The number of hydrogen-bond acceptors (Lipinski definition) is 6. The normalized spacial score (nSPS) is 10.8. The molecular weight excluding hydrogens is 214 g/mol. The summed E-state index contributed by atoms with van der Waals surface area (Å²) in [6.07, 6.45) is 1.13. The molecule has 15 heavy (non-hydrogen) atoms. The minimum Gasteiger partial charge on any atom is -0.396 e. The number of aliphatic hydroxyl groups excluding tert-OH is 1. The molecule has 0 aliphatic rings. The standard InChI is InChI=1S/C8H17N5OS/c1-2-3-9-4-5-13-8(10-11-12-13)15-7-6-14/h9,14H,2-7H2,1H3. The summed E-state index contributed by atoms with van der Waals surface area (Å²) in [4.78, 5) is 0. The Labute approximate surface area is 93.4 Å². The first kappa shape index (κ1) is 12.4. The van der Waals surface area contributed by atoms with E-state index in [-0.39, 0.29) is 6.61 Å². The summed E-state index contributed by atoms with van der Waals surface area (Å²) < 4.78 is 1.75. The van der Waals surface area contributed by atoms with Gasteiger partial charge in [-0.1, -0.05) is 18.7 Å². The largest absolute Gasteiger partial charge is 0.396 e. The molecule has 7 heteroatoms. The van der Waals surface area contributed by atoms with Crippen LogP contribution < -0.4 is 5.32 Å². The highest BCUT2D eigenvalue weighted by Crippen LogP contribution is 2.11. The maximum atomic E-state index is 8.69. The molecule has 0 saturated heterocycles. The zero-order chi connectivity index (χ0) is 10.9. The second-order valence-electron chi connectivity index (χ2n) is 3.01. The van der Waals surface area contributed by atoms with Crippen molar-refractivity contribution in [2.45, 2.75) is 25.0 Å². The average molecular weight is 231 g/mol. The highest BCUT2D eigenvalue weighted by molar-refractivity contribution is 7.99. The molecule has 0 radical (unpaired) electrons. The van der Waals surface area contributed by atoms with Crippen LogP contribution in [0.3, 0.4) is 0 Å². The first-order valence-corrected chi connectivity index (χ1v) is 6.07. The number of tetrazole rings is 1. The van der Waals surface area contributed by atoms with Crippen molar-refractivity contribution in [2.24, 2.45) is 0 Å². The Hall–Kier alpha value is -0.660. The second-order valence-corrected chi connectivity index (χ2v) is 4.07. The van der Waals surface area contributed by atoms with Crippen LogP contribution in [0.15, 0.2) is 5.16 Å². The molecule has 0 aliphatic carbocycles. The second kappa shape index (κ2) is 7.61. The summed E-state index contributed by atoms with van der Waals surface area (Å²) in [5.41, 5.74) is 0. The highest BCUT2D eigenvalue weighted by Gasteiger charge is 2.04. The van der Waals surface area contributed by atoms with E-state index in [4.69, 9.17) is 5.11 Å². The smallest absolute Gasteiger partial charge is 0.209 e. The van der Waals surface area contributed by atoms with Gasteiger partial charge in [-0.15, -0.1) is 5.10 Å². The molecule has 0 bridgehead atoms. The Balaban J connectivity index is 2.29. The zero-order valence-corrected chi connectivity index (χ0v) is 9.70. The van der Waals surface area contributed by atoms with Gasteiger partial charge in [0.05, 0.1) is 13.2 Å². The molecule has 0 spiro atoms. The average Bonchev–Trinajstić information content (AvgIpc) is 2.69. The third-order valence-corrected chi connectivity index (χ3v) is 2.69. The molecule has 86 valence electrons. The number of nitrogens with one attached hydrogen (secondary N) is 1. The molecule has 1 aromatic rings. The van der Waals surface area contributed by atoms with Gasteiger partial charge < -0.3 is 10.4 Å². The Morgan fingerprint density at radius 3 is 3.07 bits per heavy atom. The molecule has 1 heterocycles. The van der Waals surface area contributed by atoms with E-state index in [0.717, 1.165) is 31.2 Å². The Morgan fingerprint density at radius 1 is 1.47 bits per heavy atom. The number of hydrogen-bond donors (Lipinski definition) is 2. The molecule has 0 amide bonds. The molecule has 0 saturated carbocycles. The monoisotopic (exact) mass is 231 g/mol. The third-order valence-electron chi connectivity index (χ3n) is 1.75. The summed E-state index contributed by atoms with van der Waals surface area (Å²) in [7, 11) is 0. The van der Waals surface area contributed by atoms with Crippen molar-refractivity contribution < 1.29 is 5.11 Å². The maximum absolute atomic E-state index is 8.69. The SMILES string of the molecule is CCCNCCn1nnnc1SCCO. The van der Waals surface area contributed by atoms with Gasteiger partial charge in [-0.05, 0) is 23.4 Å². The molecule has 2 N–H and O–H groups in total. The van der Waals surface area contributed by atoms with Gasteiger partial charge in [-0.3, -0.25) is 0 Å². The van der Waals surface area contributed by atoms with E-state index >= 15 is 0 Å². The van der Waals surface area contributed by atoms with Crippen LogP contribution in [0.5, 0.6) is 0 Å². The number of aromatic nitrogens is 4.